The van der Waals surface area contributed by atoms with Crippen molar-refractivity contribution in [2.75, 3.05) is 0 Å². The third kappa shape index (κ3) is 3.73. The number of hydrogen-bond donors (Lipinski definition) is 0. The van der Waals surface area contributed by atoms with Crippen molar-refractivity contribution in [2.24, 2.45) is 0 Å². The van der Waals surface area contributed by atoms with Crippen LogP contribution in [0.5, 0.6) is 0 Å². The number of furan rings is 3. The zero-order valence-corrected chi connectivity index (χ0v) is 26.2. The molecular weight excluding hydrogens is 601 g/mol. The van der Waals surface area contributed by atoms with E-state index in [0.717, 1.165) is 77.1 Å². The van der Waals surface area contributed by atoms with Gasteiger partial charge in [-0.25, -0.2) is 0 Å². The molecule has 0 amide bonds. The lowest BCUT2D eigenvalue weighted by molar-refractivity contribution is 0.619. The summed E-state index contributed by atoms with van der Waals surface area (Å²) in [4.78, 5) is 0. The molecule has 0 aliphatic carbocycles. The molecule has 0 unspecified atom stereocenters. The average Bonchev–Trinajstić information content (AvgIpc) is 3.87. The Hall–Kier alpha value is -6.58. The van der Waals surface area contributed by atoms with Gasteiger partial charge in [-0.15, -0.1) is 0 Å². The lowest BCUT2D eigenvalue weighted by Crippen LogP contribution is -1.91. The minimum absolute atomic E-state index is 0.817. The SMILES string of the molecule is c1ccc(-c2coc3c2ccc2oc4ccc(-c5c6ccccc6c(-c6cccc7c6oc6ccccc67)c6ccccc56)cc4c23)cc1. The molecule has 228 valence electrons. The van der Waals surface area contributed by atoms with Gasteiger partial charge in [0.2, 0.25) is 0 Å². The molecule has 3 nitrogen and oxygen atoms in total. The fourth-order valence-corrected chi connectivity index (χ4v) is 8.02. The molecule has 0 saturated heterocycles. The topological polar surface area (TPSA) is 39.4 Å². The molecule has 0 fully saturated rings. The second-order valence-electron chi connectivity index (χ2n) is 12.8. The van der Waals surface area contributed by atoms with Crippen LogP contribution in [0, 0.1) is 0 Å². The number of para-hydroxylation sites is 2. The normalized spacial score (nSPS) is 12.1. The largest absolute Gasteiger partial charge is 0.463 e. The second kappa shape index (κ2) is 9.96. The monoisotopic (exact) mass is 626 g/mol. The molecule has 0 bridgehead atoms. The molecule has 0 N–H and O–H groups in total. The van der Waals surface area contributed by atoms with E-state index in [1.807, 2.05) is 24.5 Å². The fraction of sp³-hybridized carbons (Fsp3) is 0. The molecule has 3 aromatic heterocycles. The van der Waals surface area contributed by atoms with Crippen LogP contribution in [0.1, 0.15) is 0 Å². The highest BCUT2D eigenvalue weighted by Gasteiger charge is 2.22. The maximum absolute atomic E-state index is 6.58. The van der Waals surface area contributed by atoms with Crippen LogP contribution in [0.2, 0.25) is 0 Å². The van der Waals surface area contributed by atoms with Crippen LogP contribution in [0.3, 0.4) is 0 Å². The lowest BCUT2D eigenvalue weighted by atomic mass is 9.85. The summed E-state index contributed by atoms with van der Waals surface area (Å²) in [6, 6.07) is 53.4. The van der Waals surface area contributed by atoms with Crippen LogP contribution in [0.15, 0.2) is 171 Å². The smallest absolute Gasteiger partial charge is 0.146 e. The van der Waals surface area contributed by atoms with Gasteiger partial charge in [0, 0.05) is 38.2 Å². The van der Waals surface area contributed by atoms with Crippen molar-refractivity contribution in [1.29, 1.82) is 0 Å². The van der Waals surface area contributed by atoms with E-state index in [4.69, 9.17) is 13.3 Å². The van der Waals surface area contributed by atoms with Gasteiger partial charge in [0.1, 0.15) is 27.9 Å². The van der Waals surface area contributed by atoms with E-state index in [-0.39, 0.29) is 0 Å². The highest BCUT2D eigenvalue weighted by molar-refractivity contribution is 6.25. The van der Waals surface area contributed by atoms with E-state index >= 15 is 0 Å². The van der Waals surface area contributed by atoms with E-state index in [1.165, 1.54) is 32.7 Å². The summed E-state index contributed by atoms with van der Waals surface area (Å²) >= 11 is 0. The molecule has 0 aliphatic heterocycles. The van der Waals surface area contributed by atoms with Crippen LogP contribution in [0.25, 0.3) is 110 Å². The average molecular weight is 627 g/mol. The predicted molar refractivity (Wildman–Crippen MR) is 202 cm³/mol. The van der Waals surface area contributed by atoms with Crippen LogP contribution in [-0.2, 0) is 0 Å². The highest BCUT2D eigenvalue weighted by atomic mass is 16.3. The van der Waals surface area contributed by atoms with Gasteiger partial charge in [0.15, 0.2) is 0 Å². The summed E-state index contributed by atoms with van der Waals surface area (Å²) in [7, 11) is 0. The van der Waals surface area contributed by atoms with Crippen LogP contribution in [0.4, 0.5) is 0 Å². The van der Waals surface area contributed by atoms with Crippen LogP contribution < -0.4 is 0 Å². The Balaban J connectivity index is 1.20. The summed E-state index contributed by atoms with van der Waals surface area (Å²) in [6.07, 6.45) is 1.87. The molecule has 0 saturated carbocycles. The molecule has 0 radical (unpaired) electrons. The summed E-state index contributed by atoms with van der Waals surface area (Å²) in [5.41, 5.74) is 11.1. The zero-order chi connectivity index (χ0) is 32.1. The van der Waals surface area contributed by atoms with E-state index in [9.17, 15) is 0 Å². The standard InChI is InChI=1S/C46H26O3/c1-2-11-27(12-3-1)38-26-47-46-35(38)22-24-41-44(46)37-25-28(21-23-40(37)48-41)42-30-14-4-6-16-32(30)43(33-17-7-5-15-31(33)42)36-19-10-18-34-29-13-8-9-20-39(29)49-45(34)36/h1-26H. The first-order valence-corrected chi connectivity index (χ1v) is 16.6. The van der Waals surface area contributed by atoms with Gasteiger partial charge in [-0.2, -0.15) is 0 Å². The maximum Gasteiger partial charge on any atom is 0.146 e. The van der Waals surface area contributed by atoms with Crippen molar-refractivity contribution >= 4 is 76.4 Å². The lowest BCUT2D eigenvalue weighted by Gasteiger charge is -2.18. The first-order valence-electron chi connectivity index (χ1n) is 16.6. The Labute approximate surface area is 280 Å². The molecule has 0 atom stereocenters. The molecule has 8 aromatic carbocycles. The molecule has 3 heteroatoms. The fourth-order valence-electron chi connectivity index (χ4n) is 8.02. The van der Waals surface area contributed by atoms with Crippen LogP contribution >= 0.6 is 0 Å². The van der Waals surface area contributed by atoms with Gasteiger partial charge >= 0.3 is 0 Å². The van der Waals surface area contributed by atoms with Crippen molar-refractivity contribution in [3.63, 3.8) is 0 Å². The Morgan fingerprint density at radius 3 is 1.73 bits per heavy atom. The minimum Gasteiger partial charge on any atom is -0.463 e. The number of hydrogen-bond acceptors (Lipinski definition) is 3. The number of benzene rings is 8. The summed E-state index contributed by atoms with van der Waals surface area (Å²) < 4.78 is 19.3. The third-order valence-corrected chi connectivity index (χ3v) is 10.2. The van der Waals surface area contributed by atoms with Gasteiger partial charge in [-0.05, 0) is 68.6 Å². The van der Waals surface area contributed by atoms with Crippen molar-refractivity contribution in [3.8, 4) is 33.4 Å². The first-order chi connectivity index (χ1) is 24.3. The minimum atomic E-state index is 0.817. The molecule has 0 spiro atoms. The van der Waals surface area contributed by atoms with Crippen molar-refractivity contribution in [3.05, 3.63) is 158 Å². The highest BCUT2D eigenvalue weighted by Crippen LogP contribution is 2.48. The van der Waals surface area contributed by atoms with Gasteiger partial charge in [-0.3, -0.25) is 0 Å². The van der Waals surface area contributed by atoms with Crippen molar-refractivity contribution in [2.45, 2.75) is 0 Å². The van der Waals surface area contributed by atoms with Gasteiger partial charge < -0.3 is 13.3 Å². The van der Waals surface area contributed by atoms with E-state index in [0.29, 0.717) is 0 Å². The first kappa shape index (κ1) is 26.5. The summed E-state index contributed by atoms with van der Waals surface area (Å²) in [6.45, 7) is 0. The Kier molecular flexibility index (Phi) is 5.38. The number of fused-ring (bicyclic) bond motifs is 10. The van der Waals surface area contributed by atoms with E-state index in [1.54, 1.807) is 0 Å². The summed E-state index contributed by atoms with van der Waals surface area (Å²) in [5, 5.41) is 10.1. The van der Waals surface area contributed by atoms with Gasteiger partial charge in [-0.1, -0.05) is 121 Å². The molecule has 11 rings (SSSR count). The van der Waals surface area contributed by atoms with Gasteiger partial charge in [0.25, 0.3) is 0 Å². The molecule has 49 heavy (non-hydrogen) atoms. The Morgan fingerprint density at radius 1 is 0.327 bits per heavy atom. The maximum atomic E-state index is 6.58. The predicted octanol–water partition coefficient (Wildman–Crippen LogP) is 13.5. The molecule has 11 aromatic rings. The molecular formula is C46H26O3. The van der Waals surface area contributed by atoms with Crippen molar-refractivity contribution < 1.29 is 13.3 Å². The van der Waals surface area contributed by atoms with Crippen LogP contribution in [-0.4, -0.2) is 0 Å². The second-order valence-corrected chi connectivity index (χ2v) is 12.8. The third-order valence-electron chi connectivity index (χ3n) is 10.2. The Morgan fingerprint density at radius 2 is 0.959 bits per heavy atom. The van der Waals surface area contributed by atoms with E-state index < -0.39 is 0 Å². The zero-order valence-electron chi connectivity index (χ0n) is 26.2. The molecule has 0 aliphatic rings. The quantitative estimate of drug-likeness (QED) is 0.183. The van der Waals surface area contributed by atoms with E-state index in [2.05, 4.69) is 133 Å². The van der Waals surface area contributed by atoms with Crippen molar-refractivity contribution in [1.82, 2.24) is 0 Å². The summed E-state index contributed by atoms with van der Waals surface area (Å²) in [5.74, 6) is 0. The van der Waals surface area contributed by atoms with Gasteiger partial charge in [0.05, 0.1) is 11.6 Å². The number of rotatable bonds is 3. The molecule has 3 heterocycles. The Bertz CT molecular complexity index is 3040.